The number of carboxylic acids is 1. The Morgan fingerprint density at radius 1 is 1.18 bits per heavy atom. The lowest BCUT2D eigenvalue weighted by Gasteiger charge is -2.44. The van der Waals surface area contributed by atoms with Gasteiger partial charge in [-0.25, -0.2) is 24.3 Å². The van der Waals surface area contributed by atoms with E-state index < -0.39 is 47.2 Å². The number of ether oxygens (including phenoxy) is 3. The van der Waals surface area contributed by atoms with Gasteiger partial charge in [-0.05, 0) is 30.5 Å². The average molecular weight is 765 g/mol. The average Bonchev–Trinajstić information content (AvgIpc) is 3.55. The molecule has 1 aromatic carbocycles. The van der Waals surface area contributed by atoms with Crippen molar-refractivity contribution in [2.75, 3.05) is 50.1 Å². The molecule has 4 fully saturated rings. The van der Waals surface area contributed by atoms with E-state index in [0.29, 0.717) is 24.0 Å². The molecule has 6 atom stereocenters. The lowest BCUT2D eigenvalue weighted by molar-refractivity contribution is -0.386. The van der Waals surface area contributed by atoms with Crippen molar-refractivity contribution in [2.24, 2.45) is 5.92 Å². The van der Waals surface area contributed by atoms with Crippen LogP contribution in [-0.4, -0.2) is 145 Å². The Hall–Kier alpha value is -6.09. The number of aliphatic hydroxyl groups is 1. The predicted molar refractivity (Wildman–Crippen MR) is 188 cm³/mol. The zero-order valence-corrected chi connectivity index (χ0v) is 30.0. The van der Waals surface area contributed by atoms with Crippen LogP contribution >= 0.6 is 0 Å². The van der Waals surface area contributed by atoms with E-state index in [1.54, 1.807) is 19.3 Å². The monoisotopic (exact) mass is 764 g/mol. The predicted octanol–water partition coefficient (Wildman–Crippen LogP) is 1.71. The molecule has 1 aliphatic carbocycles. The number of carbonyl (C=O) groups is 4. The summed E-state index contributed by atoms with van der Waals surface area (Å²) in [4.78, 5) is 78.1. The number of nitrogens with zero attached hydrogens (tertiary/aromatic N) is 9. The highest BCUT2D eigenvalue weighted by molar-refractivity contribution is 5.97. The zero-order valence-electron chi connectivity index (χ0n) is 30.0. The lowest BCUT2D eigenvalue weighted by atomic mass is 9.68. The number of aliphatic carboxylic acids is 1. The summed E-state index contributed by atoms with van der Waals surface area (Å²) < 4.78 is 16.2. The van der Waals surface area contributed by atoms with Gasteiger partial charge in [0.05, 0.1) is 34.5 Å². The van der Waals surface area contributed by atoms with Crippen molar-refractivity contribution in [3.05, 3.63) is 58.5 Å². The Bertz CT molecular complexity index is 1950. The van der Waals surface area contributed by atoms with Crippen molar-refractivity contribution < 1.29 is 48.5 Å². The summed E-state index contributed by atoms with van der Waals surface area (Å²) in [5.41, 5.74) is 0.185. The van der Waals surface area contributed by atoms with Crippen molar-refractivity contribution in [1.29, 1.82) is 0 Å². The van der Waals surface area contributed by atoms with Crippen molar-refractivity contribution in [2.45, 2.75) is 62.4 Å². The Labute approximate surface area is 313 Å². The standard InChI is InChI=1S/C34H40N10O11/c1-39(9-10-40(2)33(50)53-18-20-3-4-25(24(11-20)44(51)52)54-29-13-23(46)12-26(55-29)30(47)48)32(49)43(22-14-36-37-15-22)31-35-8-6-28(38-31)41-16-21-5-7-34(21)27(17-41)42(34)19-45/h3-4,6,8,11,14-15,19,21,23,26-27,29,46H,5,7,9-10,12-13,16-18H2,1-2H3,(H,36,37)(H,47,48). The molecule has 4 amide bonds. The molecule has 7 rings (SSSR count). The van der Waals surface area contributed by atoms with Gasteiger partial charge in [-0.2, -0.15) is 10.1 Å². The number of carbonyl (C=O) groups excluding carboxylic acids is 3. The summed E-state index contributed by atoms with van der Waals surface area (Å²) >= 11 is 0. The van der Waals surface area contributed by atoms with Crippen LogP contribution in [0.15, 0.2) is 42.9 Å². The van der Waals surface area contributed by atoms with Crippen molar-refractivity contribution in [3.8, 4) is 5.75 Å². The summed E-state index contributed by atoms with van der Waals surface area (Å²) in [6.45, 7) is 1.20. The minimum Gasteiger partial charge on any atom is -0.479 e. The van der Waals surface area contributed by atoms with Crippen molar-refractivity contribution in [1.82, 2.24) is 34.9 Å². The van der Waals surface area contributed by atoms with Gasteiger partial charge in [0.1, 0.15) is 12.4 Å². The number of urea groups is 1. The molecule has 21 heteroatoms. The van der Waals surface area contributed by atoms with Crippen LogP contribution in [-0.2, 0) is 25.7 Å². The second kappa shape index (κ2) is 15.0. The summed E-state index contributed by atoms with van der Waals surface area (Å²) in [7, 11) is 3.04. The fourth-order valence-electron chi connectivity index (χ4n) is 7.61. The van der Waals surface area contributed by atoms with Gasteiger partial charge in [-0.1, -0.05) is 6.07 Å². The van der Waals surface area contributed by atoms with Gasteiger partial charge in [-0.15, -0.1) is 0 Å². The van der Waals surface area contributed by atoms with E-state index in [9.17, 15) is 39.5 Å². The van der Waals surface area contributed by atoms with E-state index in [4.69, 9.17) is 19.2 Å². The quantitative estimate of drug-likeness (QED) is 0.0970. The number of aromatic nitrogens is 4. The molecule has 55 heavy (non-hydrogen) atoms. The number of benzene rings is 1. The number of nitro groups is 1. The third-order valence-electron chi connectivity index (χ3n) is 10.8. The molecule has 0 radical (unpaired) electrons. The highest BCUT2D eigenvalue weighted by atomic mass is 16.7. The molecule has 3 saturated heterocycles. The number of likely N-dealkylation sites (N-methyl/N-ethyl adjacent to an activating group) is 2. The molecule has 1 spiro atoms. The van der Waals surface area contributed by atoms with E-state index >= 15 is 0 Å². The fraction of sp³-hybridized carbons (Fsp3) is 0.500. The third-order valence-corrected chi connectivity index (χ3v) is 10.8. The van der Waals surface area contributed by atoms with Crippen LogP contribution in [0.1, 0.15) is 31.2 Å². The summed E-state index contributed by atoms with van der Waals surface area (Å²) in [5.74, 6) is -0.385. The maximum Gasteiger partial charge on any atom is 0.409 e. The number of amides is 4. The maximum atomic E-state index is 13.9. The van der Waals surface area contributed by atoms with Crippen LogP contribution < -0.4 is 14.5 Å². The number of rotatable bonds is 13. The van der Waals surface area contributed by atoms with Crippen molar-refractivity contribution >= 4 is 47.6 Å². The molecule has 1 saturated carbocycles. The van der Waals surface area contributed by atoms with E-state index in [0.717, 1.165) is 31.9 Å². The first kappa shape index (κ1) is 37.2. The molecule has 0 bridgehead atoms. The number of nitrogens with one attached hydrogen (secondary N) is 1. The molecule has 2 aromatic heterocycles. The number of hydrogen-bond acceptors (Lipinski definition) is 14. The molecule has 3 N–H and O–H groups in total. The summed E-state index contributed by atoms with van der Waals surface area (Å²) in [6.07, 6.45) is 3.01. The molecule has 3 aliphatic heterocycles. The summed E-state index contributed by atoms with van der Waals surface area (Å²) in [6, 6.07) is 5.30. The third kappa shape index (κ3) is 7.26. The van der Waals surface area contributed by atoms with Gasteiger partial charge in [0, 0.05) is 77.5 Å². The van der Waals surface area contributed by atoms with Gasteiger partial charge < -0.3 is 44.0 Å². The topological polar surface area (TPSA) is 250 Å². The molecule has 292 valence electrons. The van der Waals surface area contributed by atoms with Gasteiger partial charge in [0.2, 0.25) is 18.6 Å². The first-order valence-corrected chi connectivity index (χ1v) is 17.6. The maximum absolute atomic E-state index is 13.9. The van der Waals surface area contributed by atoms with Crippen LogP contribution in [0, 0.1) is 16.0 Å². The molecule has 5 heterocycles. The van der Waals surface area contributed by atoms with Gasteiger partial charge in [0.25, 0.3) is 0 Å². The van der Waals surface area contributed by atoms with Gasteiger partial charge in [-0.3, -0.25) is 20.0 Å². The number of aromatic amines is 1. The largest absolute Gasteiger partial charge is 0.479 e. The van der Waals surface area contributed by atoms with Crippen LogP contribution in [0.3, 0.4) is 0 Å². The Morgan fingerprint density at radius 2 is 1.98 bits per heavy atom. The van der Waals surface area contributed by atoms with Crippen LogP contribution in [0.2, 0.25) is 0 Å². The summed E-state index contributed by atoms with van der Waals surface area (Å²) in [5, 5.41) is 37.8. The molecule has 3 aromatic rings. The minimum absolute atomic E-state index is 0.00836. The number of H-pyrrole nitrogens is 1. The Morgan fingerprint density at radius 3 is 2.67 bits per heavy atom. The van der Waals surface area contributed by atoms with E-state index in [-0.39, 0.29) is 61.4 Å². The molecule has 4 aliphatic rings. The first-order valence-electron chi connectivity index (χ1n) is 17.6. The minimum atomic E-state index is -1.33. The normalized spacial score (nSPS) is 25.0. The number of carboxylic acid groups (broad SMARTS) is 1. The lowest BCUT2D eigenvalue weighted by Crippen LogP contribution is -2.53. The second-order valence-electron chi connectivity index (χ2n) is 14.0. The highest BCUT2D eigenvalue weighted by Gasteiger charge is 2.72. The van der Waals surface area contributed by atoms with Crippen LogP contribution in [0.5, 0.6) is 5.75 Å². The number of piperidine rings is 1. The number of hydrogen-bond donors (Lipinski definition) is 3. The fourth-order valence-corrected chi connectivity index (χ4v) is 7.61. The SMILES string of the molecule is CN(CCN(C)C(=O)N(c1cn[nH]c1)c1nccc(N2CC3CCC34C(C2)N4C=O)n1)C(=O)OCc1ccc(OC2CC(O)CC(C(=O)O)O2)c([N+](=O)[O-])c1. The van der Waals surface area contributed by atoms with Crippen molar-refractivity contribution in [3.63, 3.8) is 0 Å². The zero-order chi connectivity index (χ0) is 39.0. The van der Waals surface area contributed by atoms with E-state index in [1.165, 1.54) is 46.3 Å². The van der Waals surface area contributed by atoms with Crippen LogP contribution in [0.25, 0.3) is 0 Å². The molecule has 21 nitrogen and oxygen atoms in total. The van der Waals surface area contributed by atoms with Crippen LogP contribution in [0.4, 0.5) is 32.7 Å². The molecule has 6 unspecified atom stereocenters. The van der Waals surface area contributed by atoms with Gasteiger partial charge in [0.15, 0.2) is 11.9 Å². The number of nitro benzene ring substituents is 1. The highest BCUT2D eigenvalue weighted by Crippen LogP contribution is 2.61. The number of aliphatic hydroxyl groups excluding tert-OH is 1. The van der Waals surface area contributed by atoms with E-state index in [1.807, 2.05) is 4.90 Å². The van der Waals surface area contributed by atoms with E-state index in [2.05, 4.69) is 20.1 Å². The number of anilines is 3. The second-order valence-corrected chi connectivity index (χ2v) is 14.0. The first-order chi connectivity index (χ1) is 26.4. The Balaban J connectivity index is 0.945. The molecular formula is C34H40N10O11. The van der Waals surface area contributed by atoms with Gasteiger partial charge >= 0.3 is 23.8 Å². The Kier molecular flexibility index (Phi) is 10.1. The molecular weight excluding hydrogens is 724 g/mol. The smallest absolute Gasteiger partial charge is 0.409 e.